The molecule has 0 saturated carbocycles. The number of halogens is 1. The Morgan fingerprint density at radius 1 is 1.35 bits per heavy atom. The van der Waals surface area contributed by atoms with Crippen molar-refractivity contribution in [1.29, 1.82) is 0 Å². The summed E-state index contributed by atoms with van der Waals surface area (Å²) in [4.78, 5) is 2.34. The van der Waals surface area contributed by atoms with Crippen LogP contribution in [0.4, 0.5) is 5.69 Å². The van der Waals surface area contributed by atoms with E-state index in [1.54, 1.807) is 6.33 Å². The summed E-state index contributed by atoms with van der Waals surface area (Å²) < 4.78 is 2.11. The van der Waals surface area contributed by atoms with Crippen LogP contribution in [0.5, 0.6) is 0 Å². The maximum absolute atomic E-state index is 6.13. The smallest absolute Gasteiger partial charge is 0.152 e. The van der Waals surface area contributed by atoms with Gasteiger partial charge in [0.1, 0.15) is 6.33 Å². The molecule has 6 heteroatoms. The number of rotatable bonds is 4. The second-order valence-electron chi connectivity index (χ2n) is 4.92. The van der Waals surface area contributed by atoms with Gasteiger partial charge in [0, 0.05) is 30.3 Å². The maximum Gasteiger partial charge on any atom is 0.152 e. The van der Waals surface area contributed by atoms with Gasteiger partial charge in [0.2, 0.25) is 0 Å². The van der Waals surface area contributed by atoms with E-state index in [9.17, 15) is 0 Å². The summed E-state index contributed by atoms with van der Waals surface area (Å²) in [6.45, 7) is 6.56. The third-order valence-corrected chi connectivity index (χ3v) is 3.82. The van der Waals surface area contributed by atoms with Crippen LogP contribution in [0.3, 0.4) is 0 Å². The number of nitrogens with one attached hydrogen (secondary N) is 1. The molecule has 1 aliphatic heterocycles. The van der Waals surface area contributed by atoms with Gasteiger partial charge in [-0.3, -0.25) is 0 Å². The molecule has 0 fully saturated rings. The number of anilines is 1. The molecule has 0 saturated heterocycles. The number of fused-ring (bicyclic) bond motifs is 1. The molecule has 1 N–H and O–H groups in total. The molecule has 0 unspecified atom stereocenters. The van der Waals surface area contributed by atoms with Crippen LogP contribution in [-0.4, -0.2) is 27.9 Å². The van der Waals surface area contributed by atoms with Gasteiger partial charge in [-0.1, -0.05) is 18.5 Å². The van der Waals surface area contributed by atoms with E-state index < -0.39 is 0 Å². The van der Waals surface area contributed by atoms with Crippen molar-refractivity contribution >= 4 is 17.3 Å². The van der Waals surface area contributed by atoms with Crippen molar-refractivity contribution in [2.75, 3.05) is 18.0 Å². The SMILES string of the molecule is CCNCc1cc(Cl)ccc1N1CCn2cnnc2C1. The zero-order valence-corrected chi connectivity index (χ0v) is 12.3. The van der Waals surface area contributed by atoms with Crippen molar-refractivity contribution in [1.82, 2.24) is 20.1 Å². The highest BCUT2D eigenvalue weighted by molar-refractivity contribution is 6.30. The van der Waals surface area contributed by atoms with Crippen LogP contribution in [0, 0.1) is 0 Å². The Bertz CT molecular complexity index is 595. The fraction of sp³-hybridized carbons (Fsp3) is 0.429. The maximum atomic E-state index is 6.13. The molecule has 1 aromatic carbocycles. The van der Waals surface area contributed by atoms with Crippen LogP contribution in [0.1, 0.15) is 18.3 Å². The largest absolute Gasteiger partial charge is 0.362 e. The molecular formula is C14H18ClN5. The zero-order valence-electron chi connectivity index (χ0n) is 11.5. The molecule has 1 aliphatic rings. The summed E-state index contributed by atoms with van der Waals surface area (Å²) in [5.74, 6) is 1.01. The van der Waals surface area contributed by atoms with E-state index in [1.165, 1.54) is 11.3 Å². The van der Waals surface area contributed by atoms with Gasteiger partial charge in [0.05, 0.1) is 6.54 Å². The molecular weight excluding hydrogens is 274 g/mol. The molecule has 3 rings (SSSR count). The first kappa shape index (κ1) is 13.4. The molecule has 0 spiro atoms. The van der Waals surface area contributed by atoms with Gasteiger partial charge in [0.25, 0.3) is 0 Å². The molecule has 0 bridgehead atoms. The van der Waals surface area contributed by atoms with Crippen LogP contribution in [0.25, 0.3) is 0 Å². The van der Waals surface area contributed by atoms with Crippen molar-refractivity contribution in [3.8, 4) is 0 Å². The van der Waals surface area contributed by atoms with Crippen LogP contribution in [0.15, 0.2) is 24.5 Å². The van der Waals surface area contributed by atoms with Crippen LogP contribution in [0.2, 0.25) is 5.02 Å². The van der Waals surface area contributed by atoms with E-state index in [-0.39, 0.29) is 0 Å². The molecule has 2 aromatic rings. The lowest BCUT2D eigenvalue weighted by atomic mass is 10.1. The fourth-order valence-electron chi connectivity index (χ4n) is 2.54. The minimum atomic E-state index is 0.779. The zero-order chi connectivity index (χ0) is 13.9. The summed E-state index contributed by atoms with van der Waals surface area (Å²) in [5, 5.41) is 12.3. The third kappa shape index (κ3) is 2.64. The van der Waals surface area contributed by atoms with Crippen LogP contribution >= 0.6 is 11.6 Å². The van der Waals surface area contributed by atoms with E-state index in [1.807, 2.05) is 12.1 Å². The second kappa shape index (κ2) is 5.81. The van der Waals surface area contributed by atoms with Gasteiger partial charge in [-0.2, -0.15) is 0 Å². The Morgan fingerprint density at radius 3 is 3.10 bits per heavy atom. The van der Waals surface area contributed by atoms with Gasteiger partial charge in [0.15, 0.2) is 5.82 Å². The van der Waals surface area contributed by atoms with Gasteiger partial charge >= 0.3 is 0 Å². The quantitative estimate of drug-likeness (QED) is 0.937. The first-order valence-electron chi connectivity index (χ1n) is 6.88. The normalized spacial score (nSPS) is 14.4. The highest BCUT2D eigenvalue weighted by Gasteiger charge is 2.19. The van der Waals surface area contributed by atoms with E-state index in [2.05, 4.69) is 38.0 Å². The van der Waals surface area contributed by atoms with Crippen molar-refractivity contribution < 1.29 is 0 Å². The van der Waals surface area contributed by atoms with Gasteiger partial charge in [-0.05, 0) is 30.3 Å². The number of nitrogens with zero attached hydrogens (tertiary/aromatic N) is 4. The van der Waals surface area contributed by atoms with Crippen molar-refractivity contribution in [2.24, 2.45) is 0 Å². The lowest BCUT2D eigenvalue weighted by Crippen LogP contribution is -2.34. The number of hydrogen-bond acceptors (Lipinski definition) is 4. The Labute approximate surface area is 123 Å². The average Bonchev–Trinajstić information content (AvgIpc) is 2.92. The van der Waals surface area contributed by atoms with Gasteiger partial charge in [-0.15, -0.1) is 10.2 Å². The summed E-state index contributed by atoms with van der Waals surface area (Å²) in [7, 11) is 0. The summed E-state index contributed by atoms with van der Waals surface area (Å²) >= 11 is 6.13. The van der Waals surface area contributed by atoms with Gasteiger partial charge < -0.3 is 14.8 Å². The predicted octanol–water partition coefficient (Wildman–Crippen LogP) is 2.06. The van der Waals surface area contributed by atoms with Crippen molar-refractivity contribution in [3.63, 3.8) is 0 Å². The second-order valence-corrected chi connectivity index (χ2v) is 5.35. The summed E-state index contributed by atoms with van der Waals surface area (Å²) in [5.41, 5.74) is 2.46. The van der Waals surface area contributed by atoms with E-state index in [4.69, 9.17) is 11.6 Å². The molecule has 0 radical (unpaired) electrons. The molecule has 2 heterocycles. The molecule has 0 aliphatic carbocycles. The minimum absolute atomic E-state index is 0.779. The lowest BCUT2D eigenvalue weighted by molar-refractivity contribution is 0.557. The number of benzene rings is 1. The average molecular weight is 292 g/mol. The molecule has 20 heavy (non-hydrogen) atoms. The highest BCUT2D eigenvalue weighted by Crippen LogP contribution is 2.27. The van der Waals surface area contributed by atoms with E-state index >= 15 is 0 Å². The van der Waals surface area contributed by atoms with E-state index in [0.29, 0.717) is 0 Å². The Hall–Kier alpha value is -1.59. The fourth-order valence-corrected chi connectivity index (χ4v) is 2.73. The standard InChI is InChI=1S/C14H18ClN5/c1-2-16-8-11-7-12(15)3-4-13(11)19-5-6-20-10-17-18-14(20)9-19/h3-4,7,10,16H,2,5-6,8-9H2,1H3. The topological polar surface area (TPSA) is 46.0 Å². The monoisotopic (exact) mass is 291 g/mol. The number of hydrogen-bond donors (Lipinski definition) is 1. The lowest BCUT2D eigenvalue weighted by Gasteiger charge is -2.30. The minimum Gasteiger partial charge on any atom is -0.362 e. The molecule has 0 amide bonds. The summed E-state index contributed by atoms with van der Waals surface area (Å²) in [6, 6.07) is 6.09. The van der Waals surface area contributed by atoms with Crippen LogP contribution in [-0.2, 0) is 19.6 Å². The summed E-state index contributed by atoms with van der Waals surface area (Å²) in [6.07, 6.45) is 1.80. The molecule has 106 valence electrons. The molecule has 5 nitrogen and oxygen atoms in total. The Balaban J connectivity index is 1.86. The first-order valence-corrected chi connectivity index (χ1v) is 7.26. The molecule has 1 aromatic heterocycles. The first-order chi connectivity index (χ1) is 9.78. The number of aromatic nitrogens is 3. The Kier molecular flexibility index (Phi) is 3.89. The van der Waals surface area contributed by atoms with E-state index in [0.717, 1.165) is 43.6 Å². The van der Waals surface area contributed by atoms with Crippen molar-refractivity contribution in [3.05, 3.63) is 40.9 Å². The van der Waals surface area contributed by atoms with Crippen LogP contribution < -0.4 is 10.2 Å². The highest BCUT2D eigenvalue weighted by atomic mass is 35.5. The third-order valence-electron chi connectivity index (χ3n) is 3.59. The van der Waals surface area contributed by atoms with Gasteiger partial charge in [-0.25, -0.2) is 0 Å². The molecule has 0 atom stereocenters. The van der Waals surface area contributed by atoms with Crippen molar-refractivity contribution in [2.45, 2.75) is 26.6 Å². The predicted molar refractivity (Wildman–Crippen MR) is 79.9 cm³/mol. The Morgan fingerprint density at radius 2 is 2.25 bits per heavy atom.